The van der Waals surface area contributed by atoms with E-state index in [9.17, 15) is 14.0 Å². The van der Waals surface area contributed by atoms with E-state index < -0.39 is 5.97 Å². The van der Waals surface area contributed by atoms with Gasteiger partial charge in [0.05, 0.1) is 22.4 Å². The molecule has 0 saturated carbocycles. The number of carboxylic acid groups (broad SMARTS) is 1. The molecular weight excluding hydrogens is 495 g/mol. The van der Waals surface area contributed by atoms with Gasteiger partial charge in [-0.15, -0.1) is 0 Å². The van der Waals surface area contributed by atoms with Crippen LogP contribution in [0.5, 0.6) is 0 Å². The summed E-state index contributed by atoms with van der Waals surface area (Å²) in [4.78, 5) is 38.3. The fourth-order valence-corrected chi connectivity index (χ4v) is 5.14. The first-order valence-electron chi connectivity index (χ1n) is 13.6. The third-order valence-electron chi connectivity index (χ3n) is 7.41. The van der Waals surface area contributed by atoms with Crippen LogP contribution in [-0.2, 0) is 11.2 Å². The Morgan fingerprint density at radius 2 is 1.69 bits per heavy atom. The number of benzene rings is 2. The van der Waals surface area contributed by atoms with Crippen molar-refractivity contribution in [2.45, 2.75) is 45.4 Å². The van der Waals surface area contributed by atoms with Crippen LogP contribution in [0.15, 0.2) is 60.4 Å². The molecule has 1 saturated heterocycles. The molecule has 202 valence electrons. The summed E-state index contributed by atoms with van der Waals surface area (Å²) < 4.78 is 13.6. The third-order valence-corrected chi connectivity index (χ3v) is 7.41. The second-order valence-electron chi connectivity index (χ2n) is 10.2. The number of aryl methyl sites for hydroxylation is 2. The molecule has 5 rings (SSSR count). The lowest BCUT2D eigenvalue weighted by molar-refractivity contribution is -0.137. The number of hydrogen-bond acceptors (Lipinski definition) is 5. The van der Waals surface area contributed by atoms with E-state index in [1.54, 1.807) is 18.2 Å². The number of rotatable bonds is 8. The highest BCUT2D eigenvalue weighted by Gasteiger charge is 2.23. The number of hydrogen-bond donors (Lipinski definition) is 1. The smallest absolute Gasteiger partial charge is 0.303 e. The lowest BCUT2D eigenvalue weighted by atomic mass is 9.97. The van der Waals surface area contributed by atoms with Crippen molar-refractivity contribution < 1.29 is 19.1 Å². The summed E-state index contributed by atoms with van der Waals surface area (Å²) in [6, 6.07) is 13.9. The van der Waals surface area contributed by atoms with E-state index in [1.165, 1.54) is 17.3 Å². The topological polar surface area (TPSA) is 86.6 Å². The summed E-state index contributed by atoms with van der Waals surface area (Å²) >= 11 is 0. The Morgan fingerprint density at radius 3 is 2.38 bits per heavy atom. The van der Waals surface area contributed by atoms with Crippen LogP contribution >= 0.6 is 0 Å². The van der Waals surface area contributed by atoms with Crippen molar-refractivity contribution >= 4 is 34.2 Å². The number of piperazine rings is 1. The van der Waals surface area contributed by atoms with E-state index in [1.807, 2.05) is 11.0 Å². The second-order valence-corrected chi connectivity index (χ2v) is 10.2. The minimum Gasteiger partial charge on any atom is -0.481 e. The minimum atomic E-state index is -0.821. The van der Waals surface area contributed by atoms with Crippen LogP contribution < -0.4 is 4.90 Å². The number of carboxylic acids is 1. The summed E-state index contributed by atoms with van der Waals surface area (Å²) in [6.45, 7) is 4.90. The van der Waals surface area contributed by atoms with Crippen LogP contribution in [0.2, 0.25) is 0 Å². The van der Waals surface area contributed by atoms with Gasteiger partial charge in [-0.2, -0.15) is 0 Å². The maximum atomic E-state index is 13.6. The van der Waals surface area contributed by atoms with E-state index in [0.717, 1.165) is 30.1 Å². The zero-order valence-electron chi connectivity index (χ0n) is 22.2. The summed E-state index contributed by atoms with van der Waals surface area (Å²) in [7, 11) is 0. The van der Waals surface area contributed by atoms with Gasteiger partial charge in [-0.3, -0.25) is 9.59 Å². The lowest BCUT2D eigenvalue weighted by Gasteiger charge is -2.36. The number of allylic oxidation sites excluding steroid dienone is 4. The molecule has 1 aliphatic carbocycles. The minimum absolute atomic E-state index is 0.0232. The largest absolute Gasteiger partial charge is 0.481 e. The molecule has 8 heteroatoms. The lowest BCUT2D eigenvalue weighted by Crippen LogP contribution is -2.48. The molecule has 1 aliphatic heterocycles. The molecule has 1 fully saturated rings. The summed E-state index contributed by atoms with van der Waals surface area (Å²) in [5, 5.41) is 8.99. The summed E-state index contributed by atoms with van der Waals surface area (Å²) in [5.74, 6) is -0.999. The van der Waals surface area contributed by atoms with Crippen molar-refractivity contribution in [3.8, 4) is 0 Å². The molecule has 2 heterocycles. The summed E-state index contributed by atoms with van der Waals surface area (Å²) in [6.07, 6.45) is 5.94. The Bertz CT molecular complexity index is 1440. The van der Waals surface area contributed by atoms with E-state index in [2.05, 4.69) is 36.1 Å². The summed E-state index contributed by atoms with van der Waals surface area (Å²) in [5.41, 5.74) is 6.69. The number of aliphatic carboxylic acids is 1. The van der Waals surface area contributed by atoms with Crippen LogP contribution in [-0.4, -0.2) is 58.0 Å². The molecule has 0 atom stereocenters. The van der Waals surface area contributed by atoms with Crippen molar-refractivity contribution in [1.29, 1.82) is 0 Å². The van der Waals surface area contributed by atoms with Crippen molar-refractivity contribution in [3.63, 3.8) is 0 Å². The van der Waals surface area contributed by atoms with E-state index in [0.29, 0.717) is 61.8 Å². The predicted molar refractivity (Wildman–Crippen MR) is 150 cm³/mol. The second kappa shape index (κ2) is 11.8. The Kier molecular flexibility index (Phi) is 8.00. The van der Waals surface area contributed by atoms with Crippen molar-refractivity contribution in [1.82, 2.24) is 14.9 Å². The molecule has 0 unspecified atom stereocenters. The van der Waals surface area contributed by atoms with Crippen LogP contribution in [0.25, 0.3) is 16.6 Å². The number of fused-ring (bicyclic) bond motifs is 1. The number of carbonyl (C=O) groups excluding carboxylic acids is 1. The molecule has 7 nitrogen and oxygen atoms in total. The molecule has 1 aromatic heterocycles. The fraction of sp³-hybridized carbons (Fsp3) is 0.355. The molecule has 39 heavy (non-hydrogen) atoms. The van der Waals surface area contributed by atoms with Crippen molar-refractivity contribution in [2.24, 2.45) is 0 Å². The van der Waals surface area contributed by atoms with E-state index >= 15 is 0 Å². The third kappa shape index (κ3) is 6.33. The highest BCUT2D eigenvalue weighted by atomic mass is 19.1. The van der Waals surface area contributed by atoms with Gasteiger partial charge in [0.2, 0.25) is 0 Å². The maximum Gasteiger partial charge on any atom is 0.303 e. The Balaban J connectivity index is 1.35. The highest BCUT2D eigenvalue weighted by molar-refractivity contribution is 5.97. The van der Waals surface area contributed by atoms with Crippen LogP contribution in [0.4, 0.5) is 10.1 Å². The molecule has 3 aromatic rings. The van der Waals surface area contributed by atoms with Gasteiger partial charge in [0, 0.05) is 50.3 Å². The van der Waals surface area contributed by atoms with Gasteiger partial charge in [0.15, 0.2) is 0 Å². The first kappa shape index (κ1) is 26.5. The van der Waals surface area contributed by atoms with Gasteiger partial charge < -0.3 is 14.9 Å². The molecule has 1 amide bonds. The maximum absolute atomic E-state index is 13.6. The van der Waals surface area contributed by atoms with E-state index in [4.69, 9.17) is 15.1 Å². The van der Waals surface area contributed by atoms with Crippen molar-refractivity contribution in [2.75, 3.05) is 31.1 Å². The average Bonchev–Trinajstić information content (AvgIpc) is 2.95. The Morgan fingerprint density at radius 1 is 0.923 bits per heavy atom. The van der Waals surface area contributed by atoms with Gasteiger partial charge in [-0.05, 0) is 74.6 Å². The number of nitrogens with zero attached hydrogens (tertiary/aromatic N) is 4. The Hall–Kier alpha value is -4.07. The van der Waals surface area contributed by atoms with Gasteiger partial charge in [0.1, 0.15) is 5.83 Å². The number of anilines is 1. The first-order valence-corrected chi connectivity index (χ1v) is 13.6. The van der Waals surface area contributed by atoms with Crippen LogP contribution in [0, 0.1) is 6.92 Å². The normalized spacial score (nSPS) is 15.7. The molecule has 2 aliphatic rings. The number of unbranched alkanes of at least 4 members (excludes halogenated alkanes) is 1. The quantitative estimate of drug-likeness (QED) is 0.376. The molecule has 1 N–H and O–H groups in total. The molecular formula is C31H33FN4O3. The molecule has 0 bridgehead atoms. The zero-order valence-corrected chi connectivity index (χ0v) is 22.2. The zero-order chi connectivity index (χ0) is 27.4. The number of amides is 1. The van der Waals surface area contributed by atoms with Crippen LogP contribution in [0.1, 0.15) is 59.4 Å². The average molecular weight is 529 g/mol. The van der Waals surface area contributed by atoms with Gasteiger partial charge in [-0.25, -0.2) is 14.4 Å². The van der Waals surface area contributed by atoms with Gasteiger partial charge in [-0.1, -0.05) is 23.8 Å². The highest BCUT2D eigenvalue weighted by Crippen LogP contribution is 2.30. The van der Waals surface area contributed by atoms with Crippen molar-refractivity contribution in [3.05, 3.63) is 83.0 Å². The Labute approximate surface area is 227 Å². The number of aromatic nitrogens is 2. The number of halogens is 1. The number of carbonyl (C=O) groups is 2. The fourth-order valence-electron chi connectivity index (χ4n) is 5.14. The molecule has 0 spiro atoms. The SMILES string of the molecule is Cc1ccc(N2CCN(C(=O)c3ccc4nc(C5=CC=C(F)CC5)c(CCCCC(=O)O)nc4c3)CC2)cc1. The van der Waals surface area contributed by atoms with Crippen LogP contribution in [0.3, 0.4) is 0 Å². The molecule has 0 radical (unpaired) electrons. The van der Waals surface area contributed by atoms with E-state index in [-0.39, 0.29) is 18.2 Å². The first-order chi connectivity index (χ1) is 18.9. The molecule has 2 aromatic carbocycles. The standard InChI is InChI=1S/C31H33FN4O3/c1-21-6-13-25(14-7-21)35-16-18-36(19-17-35)31(39)23-10-15-26-28(20-23)33-27(4-2-3-5-29(37)38)30(34-26)22-8-11-24(32)12-9-22/h6-8,10-11,13-15,20H,2-5,9,12,16-19H2,1H3,(H,37,38). The van der Waals surface area contributed by atoms with Gasteiger partial charge >= 0.3 is 5.97 Å². The monoisotopic (exact) mass is 528 g/mol. The predicted octanol–water partition coefficient (Wildman–Crippen LogP) is 5.73. The van der Waals surface area contributed by atoms with Gasteiger partial charge in [0.25, 0.3) is 5.91 Å².